The summed E-state index contributed by atoms with van der Waals surface area (Å²) in [5, 5.41) is 10.3. The van der Waals surface area contributed by atoms with E-state index in [4.69, 9.17) is 0 Å². The first kappa shape index (κ1) is 11.2. The average Bonchev–Trinajstić information content (AvgIpc) is 2.45. The minimum atomic E-state index is -0.308. The number of fused-ring (bicyclic) bond motifs is 1. The van der Waals surface area contributed by atoms with E-state index in [-0.39, 0.29) is 11.5 Å². The third-order valence-electron chi connectivity index (χ3n) is 3.39. The summed E-state index contributed by atoms with van der Waals surface area (Å²) in [7, 11) is 0. The Morgan fingerprint density at radius 3 is 2.53 bits per heavy atom. The molecule has 1 N–H and O–H groups in total. The molecule has 1 aromatic rings. The average molecular weight is 269 g/mol. The van der Waals surface area contributed by atoms with Gasteiger partial charge in [-0.3, -0.25) is 0 Å². The van der Waals surface area contributed by atoms with Crippen molar-refractivity contribution in [3.63, 3.8) is 0 Å². The lowest BCUT2D eigenvalue weighted by Gasteiger charge is -2.29. The molecule has 0 heterocycles. The van der Waals surface area contributed by atoms with Crippen LogP contribution in [0.15, 0.2) is 22.7 Å². The second-order valence-electron chi connectivity index (χ2n) is 5.43. The van der Waals surface area contributed by atoms with E-state index in [1.165, 1.54) is 5.56 Å². The molecule has 2 unspecified atom stereocenters. The zero-order chi connectivity index (χ0) is 11.2. The van der Waals surface area contributed by atoms with Gasteiger partial charge in [0.25, 0.3) is 0 Å². The van der Waals surface area contributed by atoms with Crippen LogP contribution < -0.4 is 0 Å². The summed E-state index contributed by atoms with van der Waals surface area (Å²) in [5.41, 5.74) is 2.53. The predicted molar refractivity (Wildman–Crippen MR) is 65.8 cm³/mol. The van der Waals surface area contributed by atoms with Crippen LogP contribution in [-0.4, -0.2) is 5.11 Å². The first-order chi connectivity index (χ1) is 6.91. The van der Waals surface area contributed by atoms with Crippen LogP contribution in [0, 0.1) is 11.3 Å². The van der Waals surface area contributed by atoms with Gasteiger partial charge in [0.1, 0.15) is 0 Å². The Morgan fingerprint density at radius 2 is 2.00 bits per heavy atom. The third-order valence-corrected chi connectivity index (χ3v) is 4.13. The number of halogens is 1. The molecule has 0 fully saturated rings. The number of aliphatic hydroxyl groups excluding tert-OH is 1. The van der Waals surface area contributed by atoms with Crippen molar-refractivity contribution >= 4 is 15.9 Å². The van der Waals surface area contributed by atoms with Crippen LogP contribution >= 0.6 is 15.9 Å². The Morgan fingerprint density at radius 1 is 1.33 bits per heavy atom. The molecule has 1 nitrogen and oxygen atoms in total. The van der Waals surface area contributed by atoms with E-state index in [1.54, 1.807) is 0 Å². The molecule has 1 aliphatic carbocycles. The number of hydrogen-bond acceptors (Lipinski definition) is 1. The maximum Gasteiger partial charge on any atom is 0.0829 e. The zero-order valence-electron chi connectivity index (χ0n) is 9.42. The molecule has 0 saturated heterocycles. The summed E-state index contributed by atoms with van der Waals surface area (Å²) in [5.74, 6) is 0.325. The fourth-order valence-electron chi connectivity index (χ4n) is 2.40. The topological polar surface area (TPSA) is 20.2 Å². The molecule has 0 radical (unpaired) electrons. The number of hydrogen-bond donors (Lipinski definition) is 1. The van der Waals surface area contributed by atoms with Gasteiger partial charge in [-0.25, -0.2) is 0 Å². The Hall–Kier alpha value is -0.340. The van der Waals surface area contributed by atoms with Crippen LogP contribution in [0.2, 0.25) is 0 Å². The Bertz CT molecular complexity index is 379. The molecule has 0 aromatic heterocycles. The van der Waals surface area contributed by atoms with Gasteiger partial charge in [0.15, 0.2) is 0 Å². The van der Waals surface area contributed by atoms with E-state index < -0.39 is 0 Å². The third kappa shape index (κ3) is 1.85. The second-order valence-corrected chi connectivity index (χ2v) is 6.28. The smallest absolute Gasteiger partial charge is 0.0829 e. The highest BCUT2D eigenvalue weighted by atomic mass is 79.9. The molecule has 1 aromatic carbocycles. The number of benzene rings is 1. The molecule has 15 heavy (non-hydrogen) atoms. The van der Waals surface area contributed by atoms with Crippen LogP contribution in [0.5, 0.6) is 0 Å². The standard InChI is InChI=1S/C13H17BrO/c1-13(2,3)10-7-9-8(12(10)15)5-4-6-11(9)14/h4-6,10,12,15H,7H2,1-3H3. The van der Waals surface area contributed by atoms with E-state index in [1.807, 2.05) is 12.1 Å². The highest BCUT2D eigenvalue weighted by Gasteiger charge is 2.39. The fraction of sp³-hybridized carbons (Fsp3) is 0.538. The molecule has 2 atom stereocenters. The lowest BCUT2D eigenvalue weighted by atomic mass is 9.78. The molecule has 2 heteroatoms. The van der Waals surface area contributed by atoms with Gasteiger partial charge in [0.05, 0.1) is 6.10 Å². The van der Waals surface area contributed by atoms with Crippen LogP contribution in [0.4, 0.5) is 0 Å². The van der Waals surface area contributed by atoms with Gasteiger partial charge in [-0.1, -0.05) is 48.8 Å². The molecule has 82 valence electrons. The van der Waals surface area contributed by atoms with Gasteiger partial charge >= 0.3 is 0 Å². The molecule has 0 aliphatic heterocycles. The largest absolute Gasteiger partial charge is 0.388 e. The summed E-state index contributed by atoms with van der Waals surface area (Å²) >= 11 is 3.56. The van der Waals surface area contributed by atoms with Crippen LogP contribution in [0.1, 0.15) is 38.0 Å². The first-order valence-corrected chi connectivity index (χ1v) is 6.16. The van der Waals surface area contributed by atoms with E-state index in [2.05, 4.69) is 42.8 Å². The SMILES string of the molecule is CC(C)(C)C1Cc2c(Br)cccc2C1O. The van der Waals surface area contributed by atoms with Gasteiger partial charge in [0, 0.05) is 4.47 Å². The molecule has 0 saturated carbocycles. The molecule has 0 bridgehead atoms. The van der Waals surface area contributed by atoms with E-state index in [9.17, 15) is 5.11 Å². The van der Waals surface area contributed by atoms with Crippen molar-refractivity contribution < 1.29 is 5.11 Å². The minimum absolute atomic E-state index is 0.151. The first-order valence-electron chi connectivity index (χ1n) is 5.36. The van der Waals surface area contributed by atoms with Crippen LogP contribution in [0.3, 0.4) is 0 Å². The summed E-state index contributed by atoms with van der Waals surface area (Å²) in [6.45, 7) is 6.59. The van der Waals surface area contributed by atoms with E-state index >= 15 is 0 Å². The summed E-state index contributed by atoms with van der Waals surface area (Å²) < 4.78 is 1.13. The monoisotopic (exact) mass is 268 g/mol. The summed E-state index contributed by atoms with van der Waals surface area (Å²) in [6.07, 6.45) is 0.666. The molecular formula is C13H17BrO. The number of rotatable bonds is 0. The van der Waals surface area contributed by atoms with Crippen molar-refractivity contribution in [1.29, 1.82) is 0 Å². The maximum atomic E-state index is 10.3. The molecule has 1 aliphatic rings. The lowest BCUT2D eigenvalue weighted by Crippen LogP contribution is -2.24. The highest BCUT2D eigenvalue weighted by Crippen LogP contribution is 2.47. The molecular weight excluding hydrogens is 252 g/mol. The Kier molecular flexibility index (Phi) is 2.68. The van der Waals surface area contributed by atoms with Crippen molar-refractivity contribution in [2.24, 2.45) is 11.3 Å². The van der Waals surface area contributed by atoms with Crippen LogP contribution in [0.25, 0.3) is 0 Å². The van der Waals surface area contributed by atoms with Gasteiger partial charge in [-0.15, -0.1) is 0 Å². The highest BCUT2D eigenvalue weighted by molar-refractivity contribution is 9.10. The quantitative estimate of drug-likeness (QED) is 0.761. The van der Waals surface area contributed by atoms with Crippen molar-refractivity contribution in [2.75, 3.05) is 0 Å². The zero-order valence-corrected chi connectivity index (χ0v) is 11.0. The van der Waals surface area contributed by atoms with Crippen molar-refractivity contribution in [1.82, 2.24) is 0 Å². The van der Waals surface area contributed by atoms with Crippen molar-refractivity contribution in [3.8, 4) is 0 Å². The predicted octanol–water partition coefficient (Wildman–Crippen LogP) is 3.70. The lowest BCUT2D eigenvalue weighted by molar-refractivity contribution is 0.0566. The normalized spacial score (nSPS) is 25.4. The van der Waals surface area contributed by atoms with Crippen molar-refractivity contribution in [3.05, 3.63) is 33.8 Å². The Balaban J connectivity index is 2.42. The van der Waals surface area contributed by atoms with E-state index in [0.717, 1.165) is 16.5 Å². The van der Waals surface area contributed by atoms with E-state index in [0.29, 0.717) is 5.92 Å². The minimum Gasteiger partial charge on any atom is -0.388 e. The Labute approximate surface area is 99.6 Å². The fourth-order valence-corrected chi connectivity index (χ4v) is 2.94. The maximum absolute atomic E-state index is 10.3. The van der Waals surface area contributed by atoms with Gasteiger partial charge < -0.3 is 5.11 Å². The number of aliphatic hydroxyl groups is 1. The molecule has 0 spiro atoms. The summed E-state index contributed by atoms with van der Waals surface area (Å²) in [4.78, 5) is 0. The van der Waals surface area contributed by atoms with Gasteiger partial charge in [-0.05, 0) is 34.9 Å². The molecule has 2 rings (SSSR count). The second kappa shape index (κ2) is 3.60. The van der Waals surface area contributed by atoms with Crippen molar-refractivity contribution in [2.45, 2.75) is 33.3 Å². The van der Waals surface area contributed by atoms with Gasteiger partial charge in [-0.2, -0.15) is 0 Å². The molecule has 0 amide bonds. The van der Waals surface area contributed by atoms with Gasteiger partial charge in [0.2, 0.25) is 0 Å². The van der Waals surface area contributed by atoms with Crippen LogP contribution in [-0.2, 0) is 6.42 Å². The summed E-state index contributed by atoms with van der Waals surface area (Å²) in [6, 6.07) is 6.09.